The van der Waals surface area contributed by atoms with Crippen LogP contribution in [0.1, 0.15) is 78.1 Å². The molecule has 2 amide bonds. The smallest absolute Gasteiger partial charge is 0.257 e. The van der Waals surface area contributed by atoms with Crippen LogP contribution in [-0.4, -0.2) is 29.8 Å². The molecule has 6 heteroatoms. The van der Waals surface area contributed by atoms with Crippen LogP contribution in [-0.2, 0) is 12.8 Å². The summed E-state index contributed by atoms with van der Waals surface area (Å²) >= 11 is 5.03. The van der Waals surface area contributed by atoms with E-state index in [4.69, 9.17) is 0 Å². The van der Waals surface area contributed by atoms with Crippen molar-refractivity contribution in [2.24, 2.45) is 17.3 Å². The molecule has 4 rings (SSSR count). The van der Waals surface area contributed by atoms with E-state index < -0.39 is 0 Å². The second-order valence-corrected chi connectivity index (χ2v) is 12.5. The van der Waals surface area contributed by atoms with Gasteiger partial charge in [0.2, 0.25) is 0 Å². The zero-order valence-corrected chi connectivity index (χ0v) is 21.9. The van der Waals surface area contributed by atoms with Gasteiger partial charge in [-0.1, -0.05) is 43.6 Å². The van der Waals surface area contributed by atoms with Crippen molar-refractivity contribution in [2.75, 3.05) is 18.4 Å². The van der Waals surface area contributed by atoms with Crippen LogP contribution in [0.5, 0.6) is 0 Å². The SMILES string of the molecule is CC1CCN(C(=O)c2c(NC(=O)c3ccc(Br)cc3)sc3c2CCC(C(C)(C)C)C3)CC1. The molecular weight excluding hydrogens is 484 g/mol. The molecule has 1 aromatic carbocycles. The van der Waals surface area contributed by atoms with Gasteiger partial charge in [0, 0.05) is 28.0 Å². The molecule has 1 aromatic heterocycles. The fraction of sp³-hybridized carbons (Fsp3) is 0.538. The second kappa shape index (κ2) is 9.30. The molecule has 1 aliphatic heterocycles. The van der Waals surface area contributed by atoms with Gasteiger partial charge in [0.1, 0.15) is 5.00 Å². The highest BCUT2D eigenvalue weighted by Gasteiger charge is 2.35. The van der Waals surface area contributed by atoms with Crippen LogP contribution in [0.25, 0.3) is 0 Å². The van der Waals surface area contributed by atoms with Crippen LogP contribution >= 0.6 is 27.3 Å². The first-order chi connectivity index (χ1) is 15.1. The van der Waals surface area contributed by atoms with E-state index in [-0.39, 0.29) is 17.2 Å². The molecule has 0 radical (unpaired) electrons. The summed E-state index contributed by atoms with van der Waals surface area (Å²) in [5.74, 6) is 1.18. The van der Waals surface area contributed by atoms with Gasteiger partial charge in [-0.15, -0.1) is 11.3 Å². The van der Waals surface area contributed by atoms with Crippen molar-refractivity contribution in [1.29, 1.82) is 0 Å². The van der Waals surface area contributed by atoms with E-state index in [1.54, 1.807) is 23.5 Å². The Balaban J connectivity index is 1.66. The molecule has 0 bridgehead atoms. The van der Waals surface area contributed by atoms with Gasteiger partial charge >= 0.3 is 0 Å². The van der Waals surface area contributed by atoms with E-state index in [1.807, 2.05) is 17.0 Å². The highest BCUT2D eigenvalue weighted by atomic mass is 79.9. The summed E-state index contributed by atoms with van der Waals surface area (Å²) in [5.41, 5.74) is 2.75. The molecule has 0 spiro atoms. The zero-order valence-electron chi connectivity index (χ0n) is 19.5. The number of amides is 2. The Morgan fingerprint density at radius 1 is 1.09 bits per heavy atom. The average Bonchev–Trinajstić information content (AvgIpc) is 3.10. The second-order valence-electron chi connectivity index (χ2n) is 10.4. The Morgan fingerprint density at radius 3 is 2.38 bits per heavy atom. The Bertz CT molecular complexity index is 998. The van der Waals surface area contributed by atoms with Gasteiger partial charge < -0.3 is 10.2 Å². The number of fused-ring (bicyclic) bond motifs is 1. The Hall–Kier alpha value is -1.66. The number of anilines is 1. The minimum absolute atomic E-state index is 0.0923. The third-order valence-electron chi connectivity index (χ3n) is 7.11. The Labute approximate surface area is 203 Å². The number of benzene rings is 1. The van der Waals surface area contributed by atoms with Crippen LogP contribution in [0.15, 0.2) is 28.7 Å². The number of carbonyl (C=O) groups excluding carboxylic acids is 2. The van der Waals surface area contributed by atoms with Gasteiger partial charge in [-0.05, 0) is 79.2 Å². The summed E-state index contributed by atoms with van der Waals surface area (Å²) < 4.78 is 0.934. The number of rotatable bonds is 3. The normalized spacial score (nSPS) is 19.5. The molecule has 1 atom stereocenters. The number of thiophene rings is 1. The summed E-state index contributed by atoms with van der Waals surface area (Å²) in [6.07, 6.45) is 5.07. The van der Waals surface area contributed by atoms with Crippen molar-refractivity contribution in [2.45, 2.75) is 59.8 Å². The lowest BCUT2D eigenvalue weighted by Crippen LogP contribution is -2.38. The predicted octanol–water partition coefficient (Wildman–Crippen LogP) is 6.79. The lowest BCUT2D eigenvalue weighted by Gasteiger charge is -2.34. The first-order valence-corrected chi connectivity index (χ1v) is 13.2. The third-order valence-corrected chi connectivity index (χ3v) is 8.81. The van der Waals surface area contributed by atoms with E-state index in [2.05, 4.69) is 48.9 Å². The molecule has 1 saturated heterocycles. The lowest BCUT2D eigenvalue weighted by atomic mass is 9.72. The first-order valence-electron chi connectivity index (χ1n) is 11.6. The molecule has 1 fully saturated rings. The van der Waals surface area contributed by atoms with Crippen LogP contribution in [0, 0.1) is 17.3 Å². The van der Waals surface area contributed by atoms with Crippen molar-refractivity contribution < 1.29 is 9.59 Å². The highest BCUT2D eigenvalue weighted by Crippen LogP contribution is 2.45. The van der Waals surface area contributed by atoms with Gasteiger partial charge in [-0.3, -0.25) is 9.59 Å². The summed E-state index contributed by atoms with van der Waals surface area (Å²) in [5, 5.41) is 3.83. The van der Waals surface area contributed by atoms with Gasteiger partial charge in [0.25, 0.3) is 11.8 Å². The number of nitrogens with zero attached hydrogens (tertiary/aromatic N) is 1. The maximum Gasteiger partial charge on any atom is 0.257 e. The number of nitrogens with one attached hydrogen (secondary N) is 1. The molecule has 1 unspecified atom stereocenters. The summed E-state index contributed by atoms with van der Waals surface area (Å²) in [6, 6.07) is 7.33. The van der Waals surface area contributed by atoms with Crippen LogP contribution in [0.4, 0.5) is 5.00 Å². The maximum absolute atomic E-state index is 13.7. The average molecular weight is 518 g/mol. The molecule has 0 saturated carbocycles. The predicted molar refractivity (Wildman–Crippen MR) is 136 cm³/mol. The zero-order chi connectivity index (χ0) is 23.0. The largest absolute Gasteiger partial charge is 0.339 e. The van der Waals surface area contributed by atoms with Crippen molar-refractivity contribution in [3.8, 4) is 0 Å². The maximum atomic E-state index is 13.7. The molecule has 32 heavy (non-hydrogen) atoms. The van der Waals surface area contributed by atoms with Crippen LogP contribution < -0.4 is 5.32 Å². The van der Waals surface area contributed by atoms with Crippen molar-refractivity contribution in [1.82, 2.24) is 4.90 Å². The number of hydrogen-bond donors (Lipinski definition) is 1. The third kappa shape index (κ3) is 4.96. The molecular formula is C26H33BrN2O2S. The monoisotopic (exact) mass is 516 g/mol. The number of hydrogen-bond acceptors (Lipinski definition) is 3. The van der Waals surface area contributed by atoms with Crippen molar-refractivity contribution in [3.63, 3.8) is 0 Å². The summed E-state index contributed by atoms with van der Waals surface area (Å²) in [6.45, 7) is 10.8. The number of carbonyl (C=O) groups is 2. The van der Waals surface area contributed by atoms with Crippen molar-refractivity contribution >= 4 is 44.1 Å². The van der Waals surface area contributed by atoms with Gasteiger partial charge in [0.05, 0.1) is 5.56 Å². The van der Waals surface area contributed by atoms with E-state index in [9.17, 15) is 9.59 Å². The topological polar surface area (TPSA) is 49.4 Å². The number of likely N-dealkylation sites (tertiary alicyclic amines) is 1. The molecule has 2 heterocycles. The fourth-order valence-electron chi connectivity index (χ4n) is 4.79. The summed E-state index contributed by atoms with van der Waals surface area (Å²) in [4.78, 5) is 30.0. The van der Waals surface area contributed by atoms with Gasteiger partial charge in [-0.25, -0.2) is 0 Å². The Morgan fingerprint density at radius 2 is 1.75 bits per heavy atom. The minimum atomic E-state index is -0.162. The first kappa shape index (κ1) is 23.5. The van der Waals surface area contributed by atoms with Crippen LogP contribution in [0.3, 0.4) is 0 Å². The highest BCUT2D eigenvalue weighted by molar-refractivity contribution is 9.10. The minimum Gasteiger partial charge on any atom is -0.339 e. The fourth-order valence-corrected chi connectivity index (χ4v) is 6.36. The van der Waals surface area contributed by atoms with E-state index in [0.29, 0.717) is 17.4 Å². The molecule has 1 N–H and O–H groups in total. The standard InChI is InChI=1S/C26H33BrN2O2S/c1-16-11-13-29(14-12-16)25(31)22-20-10-7-18(26(2,3)4)15-21(20)32-24(22)28-23(30)17-5-8-19(27)9-6-17/h5-6,8-9,16,18H,7,10-15H2,1-4H3,(H,28,30). The van der Waals surface area contributed by atoms with Gasteiger partial charge in [0.15, 0.2) is 0 Å². The number of halogens is 1. The van der Waals surface area contributed by atoms with Crippen molar-refractivity contribution in [3.05, 3.63) is 50.3 Å². The molecule has 1 aliphatic carbocycles. The van der Waals surface area contributed by atoms with E-state index in [0.717, 1.165) is 60.2 Å². The molecule has 2 aliphatic rings. The van der Waals surface area contributed by atoms with Crippen LogP contribution in [0.2, 0.25) is 0 Å². The molecule has 2 aromatic rings. The van der Waals surface area contributed by atoms with E-state index >= 15 is 0 Å². The number of piperidine rings is 1. The lowest BCUT2D eigenvalue weighted by molar-refractivity contribution is 0.0697. The van der Waals surface area contributed by atoms with Gasteiger partial charge in [-0.2, -0.15) is 0 Å². The van der Waals surface area contributed by atoms with E-state index in [1.165, 1.54) is 10.4 Å². The Kier molecular flexibility index (Phi) is 6.83. The molecule has 4 nitrogen and oxygen atoms in total. The summed E-state index contributed by atoms with van der Waals surface area (Å²) in [7, 11) is 0. The quantitative estimate of drug-likeness (QED) is 0.488. The molecule has 172 valence electrons.